The fourth-order valence-electron chi connectivity index (χ4n) is 1.61. The Kier molecular flexibility index (Phi) is 5.18. The lowest BCUT2D eigenvalue weighted by Gasteiger charge is -2.31. The Morgan fingerprint density at radius 2 is 1.95 bits per heavy atom. The summed E-state index contributed by atoms with van der Waals surface area (Å²) in [6, 6.07) is 0. The topological polar surface area (TPSA) is 76.1 Å². The SMILES string of the molecule is CC1CC=C(O[S+](=O)(O)C(F)(F)F)N(C(=O)OC(C)(C)C)C1. The first-order valence-electron chi connectivity index (χ1n) is 6.46. The molecule has 0 fully saturated rings. The van der Waals surface area contributed by atoms with Crippen molar-refractivity contribution >= 4 is 16.6 Å². The summed E-state index contributed by atoms with van der Waals surface area (Å²) in [6.45, 7) is 6.56. The lowest BCUT2D eigenvalue weighted by molar-refractivity contribution is -0.0631. The maximum Gasteiger partial charge on any atom is 0.650 e. The van der Waals surface area contributed by atoms with E-state index in [1.165, 1.54) is 6.08 Å². The Hall–Kier alpha value is -1.29. The van der Waals surface area contributed by atoms with Crippen molar-refractivity contribution < 1.29 is 35.6 Å². The molecule has 0 spiro atoms. The average molecular weight is 346 g/mol. The molecule has 0 radical (unpaired) electrons. The minimum atomic E-state index is -5.59. The third-order valence-electron chi connectivity index (χ3n) is 2.56. The van der Waals surface area contributed by atoms with Crippen molar-refractivity contribution in [2.24, 2.45) is 5.92 Å². The van der Waals surface area contributed by atoms with Crippen LogP contribution >= 0.6 is 0 Å². The van der Waals surface area contributed by atoms with Gasteiger partial charge < -0.3 is 4.74 Å². The van der Waals surface area contributed by atoms with Crippen molar-refractivity contribution in [2.75, 3.05) is 6.54 Å². The summed E-state index contributed by atoms with van der Waals surface area (Å²) in [5, 5.41) is 0. The highest BCUT2D eigenvalue weighted by molar-refractivity contribution is 7.94. The molecule has 0 bridgehead atoms. The van der Waals surface area contributed by atoms with E-state index >= 15 is 0 Å². The molecule has 0 aromatic rings. The number of carbonyl (C=O) groups excluding carboxylic acids is 1. The number of nitrogens with zero attached hydrogens (tertiary/aromatic N) is 1. The summed E-state index contributed by atoms with van der Waals surface area (Å²) in [5.41, 5.74) is -6.33. The number of carbonyl (C=O) groups is 1. The van der Waals surface area contributed by atoms with Gasteiger partial charge in [0.05, 0.1) is 0 Å². The van der Waals surface area contributed by atoms with Crippen LogP contribution in [0.1, 0.15) is 34.1 Å². The normalized spacial score (nSPS) is 22.6. The molecule has 1 N–H and O–H groups in total. The van der Waals surface area contributed by atoms with Crippen molar-refractivity contribution in [3.05, 3.63) is 12.0 Å². The molecular weight excluding hydrogens is 327 g/mol. The van der Waals surface area contributed by atoms with Gasteiger partial charge in [-0.1, -0.05) is 6.92 Å². The van der Waals surface area contributed by atoms with E-state index in [-0.39, 0.29) is 12.5 Å². The van der Waals surface area contributed by atoms with Gasteiger partial charge in [0.1, 0.15) is 5.60 Å². The van der Waals surface area contributed by atoms with Crippen LogP contribution in [-0.2, 0) is 23.6 Å². The van der Waals surface area contributed by atoms with Crippen molar-refractivity contribution in [3.63, 3.8) is 0 Å². The molecule has 6 nitrogen and oxygen atoms in total. The van der Waals surface area contributed by atoms with Crippen LogP contribution in [-0.4, -0.2) is 33.2 Å². The molecule has 0 saturated heterocycles. The number of alkyl halides is 3. The zero-order chi connectivity index (χ0) is 17.3. The molecule has 0 aliphatic carbocycles. The van der Waals surface area contributed by atoms with Gasteiger partial charge in [0.2, 0.25) is 0 Å². The highest BCUT2D eigenvalue weighted by atomic mass is 32.3. The highest BCUT2D eigenvalue weighted by Gasteiger charge is 2.64. The Balaban J connectivity index is 3.00. The fraction of sp³-hybridized carbons (Fsp3) is 0.750. The number of hydrogen-bond donors (Lipinski definition) is 1. The van der Waals surface area contributed by atoms with E-state index in [2.05, 4.69) is 4.18 Å². The monoisotopic (exact) mass is 346 g/mol. The summed E-state index contributed by atoms with van der Waals surface area (Å²) in [5.74, 6) is -0.683. The van der Waals surface area contributed by atoms with Gasteiger partial charge in [0.25, 0.3) is 5.88 Å². The first-order valence-corrected chi connectivity index (χ1v) is 7.90. The van der Waals surface area contributed by atoms with Crippen molar-refractivity contribution in [1.29, 1.82) is 0 Å². The Bertz CT molecular complexity index is 512. The third-order valence-corrected chi connectivity index (χ3v) is 3.54. The minimum Gasteiger partial charge on any atom is -0.443 e. The second-order valence-corrected chi connectivity index (χ2v) is 7.56. The van der Waals surface area contributed by atoms with Gasteiger partial charge in [-0.05, 0) is 43.4 Å². The van der Waals surface area contributed by atoms with Gasteiger partial charge in [-0.3, -0.25) is 0 Å². The molecule has 1 aliphatic heterocycles. The van der Waals surface area contributed by atoms with Crippen LogP contribution in [0.2, 0.25) is 0 Å². The van der Waals surface area contributed by atoms with Crippen LogP contribution in [0.15, 0.2) is 12.0 Å². The summed E-state index contributed by atoms with van der Waals surface area (Å²) >= 11 is 0. The standard InChI is InChI=1S/C12H18F3NO5S/c1-8-5-6-9(21-22(18,19)12(13,14)15)16(7-8)10(17)20-11(2,3)4/h6,8H,5,7H2,1-4H3/p+1. The van der Waals surface area contributed by atoms with Gasteiger partial charge in [-0.2, -0.15) is 0 Å². The second kappa shape index (κ2) is 6.07. The van der Waals surface area contributed by atoms with Crippen molar-refractivity contribution in [2.45, 2.75) is 45.2 Å². The van der Waals surface area contributed by atoms with Crippen LogP contribution in [0.5, 0.6) is 0 Å². The fourth-order valence-corrected chi connectivity index (χ4v) is 2.10. The molecule has 1 heterocycles. The largest absolute Gasteiger partial charge is 0.650 e. The van der Waals surface area contributed by atoms with E-state index < -0.39 is 33.6 Å². The quantitative estimate of drug-likeness (QED) is 0.774. The minimum absolute atomic E-state index is 0.0219. The maximum absolute atomic E-state index is 12.5. The smallest absolute Gasteiger partial charge is 0.443 e. The number of hydrogen-bond acceptors (Lipinski definition) is 4. The second-order valence-electron chi connectivity index (χ2n) is 5.98. The molecule has 1 amide bonds. The molecule has 22 heavy (non-hydrogen) atoms. The van der Waals surface area contributed by atoms with Gasteiger partial charge in [0, 0.05) is 6.54 Å². The summed E-state index contributed by atoms with van der Waals surface area (Å²) < 4.78 is 66.8. The molecule has 1 aliphatic rings. The molecular formula is C12H19F3NO5S+. The molecule has 0 saturated carbocycles. The van der Waals surface area contributed by atoms with E-state index in [0.29, 0.717) is 6.42 Å². The predicted octanol–water partition coefficient (Wildman–Crippen LogP) is 3.53. The van der Waals surface area contributed by atoms with Crippen LogP contribution < -0.4 is 0 Å². The highest BCUT2D eigenvalue weighted by Crippen LogP contribution is 2.34. The Morgan fingerprint density at radius 3 is 2.41 bits per heavy atom. The van der Waals surface area contributed by atoms with E-state index in [1.807, 2.05) is 0 Å². The van der Waals surface area contributed by atoms with Crippen molar-refractivity contribution in [1.82, 2.24) is 4.90 Å². The third kappa shape index (κ3) is 4.87. The molecule has 2 unspecified atom stereocenters. The number of rotatable bonds is 2. The molecule has 1 rings (SSSR count). The average Bonchev–Trinajstić information content (AvgIpc) is 2.27. The van der Waals surface area contributed by atoms with Gasteiger partial charge in [-0.15, -0.1) is 17.7 Å². The number of amides is 1. The first-order chi connectivity index (χ1) is 9.73. The Labute approximate surface area is 127 Å². The first kappa shape index (κ1) is 18.8. The predicted molar refractivity (Wildman–Crippen MR) is 72.6 cm³/mol. The molecule has 128 valence electrons. The lowest BCUT2D eigenvalue weighted by Crippen LogP contribution is -2.43. The number of allylic oxidation sites excluding steroid dienone is 1. The van der Waals surface area contributed by atoms with E-state index in [1.54, 1.807) is 27.7 Å². The van der Waals surface area contributed by atoms with Crippen LogP contribution in [0.3, 0.4) is 0 Å². The molecule has 0 aromatic heterocycles. The van der Waals surface area contributed by atoms with E-state index in [9.17, 15) is 22.2 Å². The van der Waals surface area contributed by atoms with E-state index in [4.69, 9.17) is 9.29 Å². The summed E-state index contributed by atoms with van der Waals surface area (Å²) in [4.78, 5) is 12.8. The zero-order valence-electron chi connectivity index (χ0n) is 12.6. The summed E-state index contributed by atoms with van der Waals surface area (Å²) in [7, 11) is -5.59. The van der Waals surface area contributed by atoms with Crippen LogP contribution in [0, 0.1) is 5.92 Å². The zero-order valence-corrected chi connectivity index (χ0v) is 13.5. The molecule has 10 heteroatoms. The van der Waals surface area contributed by atoms with Crippen LogP contribution in [0.25, 0.3) is 0 Å². The lowest BCUT2D eigenvalue weighted by atomic mass is 10.0. The number of halogens is 3. The van der Waals surface area contributed by atoms with Gasteiger partial charge >= 0.3 is 22.1 Å². The molecule has 2 atom stereocenters. The number of ether oxygens (including phenoxy) is 1. The molecule has 0 aromatic carbocycles. The van der Waals surface area contributed by atoms with Crippen LogP contribution in [0.4, 0.5) is 18.0 Å². The van der Waals surface area contributed by atoms with Gasteiger partial charge in [-0.25, -0.2) is 13.9 Å². The van der Waals surface area contributed by atoms with E-state index in [0.717, 1.165) is 4.90 Å². The summed E-state index contributed by atoms with van der Waals surface area (Å²) in [6.07, 6.45) is 0.532. The van der Waals surface area contributed by atoms with Gasteiger partial charge in [0.15, 0.2) is 0 Å². The maximum atomic E-state index is 12.5. The van der Waals surface area contributed by atoms with Crippen molar-refractivity contribution in [3.8, 4) is 0 Å². The Morgan fingerprint density at radius 1 is 1.41 bits per heavy atom.